The van der Waals surface area contributed by atoms with E-state index in [1.54, 1.807) is 31.4 Å². The van der Waals surface area contributed by atoms with Gasteiger partial charge < -0.3 is 10.1 Å². The number of nitrogens with one attached hydrogen (secondary N) is 2. The molecule has 128 valence electrons. The topological polar surface area (TPSA) is 97.0 Å². The Morgan fingerprint density at radius 1 is 1.33 bits per heavy atom. The van der Waals surface area contributed by atoms with Gasteiger partial charge in [-0.25, -0.2) is 0 Å². The summed E-state index contributed by atoms with van der Waals surface area (Å²) in [7, 11) is 1.57. The van der Waals surface area contributed by atoms with E-state index >= 15 is 0 Å². The number of aromatic amines is 1. The van der Waals surface area contributed by atoms with Gasteiger partial charge in [0.05, 0.1) is 12.9 Å². The molecule has 0 aliphatic carbocycles. The van der Waals surface area contributed by atoms with Gasteiger partial charge in [-0.05, 0) is 37.6 Å². The molecular weight excluding hydrogens is 328 g/mol. The molecule has 0 radical (unpaired) electrons. The fourth-order valence-electron chi connectivity index (χ4n) is 1.88. The Hall–Kier alpha value is -2.35. The zero-order valence-electron chi connectivity index (χ0n) is 13.8. The number of hydrogen-bond acceptors (Lipinski definition) is 6. The van der Waals surface area contributed by atoms with E-state index in [2.05, 4.69) is 20.5 Å². The third-order valence-electron chi connectivity index (χ3n) is 3.40. The summed E-state index contributed by atoms with van der Waals surface area (Å²) in [6.07, 6.45) is 0.865. The Balaban J connectivity index is 2.04. The van der Waals surface area contributed by atoms with Crippen LogP contribution in [0.4, 0.5) is 0 Å². The van der Waals surface area contributed by atoms with Crippen LogP contribution in [-0.2, 0) is 4.79 Å². The van der Waals surface area contributed by atoms with E-state index in [4.69, 9.17) is 4.74 Å². The van der Waals surface area contributed by atoms with Crippen LogP contribution in [0.25, 0.3) is 11.3 Å². The van der Waals surface area contributed by atoms with Gasteiger partial charge in [0.15, 0.2) is 10.9 Å². The summed E-state index contributed by atoms with van der Waals surface area (Å²) in [4.78, 5) is 26.5. The number of nitrogens with zero attached hydrogens (tertiary/aromatic N) is 2. The molecule has 0 aliphatic heterocycles. The standard InChI is InChI=1S/C16H20N4O3S/c1-4-10(2)17-13(21)9-24-16-18-15(22)14(19-20-16)11-5-7-12(23-3)8-6-11/h5-8,10H,4,9H2,1-3H3,(H,17,21)(H,18,20,22)/t10-/m1/s1. The van der Waals surface area contributed by atoms with Crippen LogP contribution >= 0.6 is 11.8 Å². The minimum atomic E-state index is -0.347. The summed E-state index contributed by atoms with van der Waals surface area (Å²) in [5, 5.41) is 11.1. The molecule has 0 spiro atoms. The van der Waals surface area contributed by atoms with E-state index in [9.17, 15) is 9.59 Å². The molecule has 2 aromatic rings. The lowest BCUT2D eigenvalue weighted by Gasteiger charge is -2.10. The summed E-state index contributed by atoms with van der Waals surface area (Å²) < 4.78 is 5.08. The molecule has 0 fully saturated rings. The molecule has 1 amide bonds. The summed E-state index contributed by atoms with van der Waals surface area (Å²) in [5.41, 5.74) is 0.529. The molecule has 1 aromatic heterocycles. The van der Waals surface area contributed by atoms with Crippen molar-refractivity contribution in [2.75, 3.05) is 12.9 Å². The average Bonchev–Trinajstić information content (AvgIpc) is 2.60. The van der Waals surface area contributed by atoms with Crippen molar-refractivity contribution in [3.8, 4) is 17.0 Å². The summed E-state index contributed by atoms with van der Waals surface area (Å²) in [6, 6.07) is 7.10. The number of aromatic nitrogens is 3. The molecule has 7 nitrogen and oxygen atoms in total. The number of thioether (sulfide) groups is 1. The van der Waals surface area contributed by atoms with Crippen molar-refractivity contribution < 1.29 is 9.53 Å². The van der Waals surface area contributed by atoms with Crippen LogP contribution in [0.2, 0.25) is 0 Å². The van der Waals surface area contributed by atoms with E-state index in [-0.39, 0.29) is 29.0 Å². The Labute approximate surface area is 144 Å². The van der Waals surface area contributed by atoms with Crippen LogP contribution in [0, 0.1) is 0 Å². The fourth-order valence-corrected chi connectivity index (χ4v) is 2.49. The lowest BCUT2D eigenvalue weighted by molar-refractivity contribution is -0.119. The van der Waals surface area contributed by atoms with Gasteiger partial charge in [-0.1, -0.05) is 18.7 Å². The lowest BCUT2D eigenvalue weighted by atomic mass is 10.1. The maximum atomic E-state index is 12.2. The zero-order chi connectivity index (χ0) is 17.5. The van der Waals surface area contributed by atoms with Gasteiger partial charge in [0.1, 0.15) is 5.75 Å². The second kappa shape index (κ2) is 8.49. The van der Waals surface area contributed by atoms with Crippen LogP contribution in [0.5, 0.6) is 5.75 Å². The predicted octanol–water partition coefficient (Wildman–Crippen LogP) is 1.85. The Kier molecular flexibility index (Phi) is 6.36. The molecular formula is C16H20N4O3S. The number of H-pyrrole nitrogens is 1. The van der Waals surface area contributed by atoms with Crippen LogP contribution < -0.4 is 15.6 Å². The van der Waals surface area contributed by atoms with Gasteiger partial charge in [0, 0.05) is 11.6 Å². The average molecular weight is 348 g/mol. The first kappa shape index (κ1) is 18.0. The van der Waals surface area contributed by atoms with E-state index in [0.717, 1.165) is 18.2 Å². The van der Waals surface area contributed by atoms with Gasteiger partial charge >= 0.3 is 0 Å². The molecule has 0 bridgehead atoms. The minimum Gasteiger partial charge on any atom is -0.497 e. The number of ether oxygens (including phenoxy) is 1. The first-order valence-corrected chi connectivity index (χ1v) is 8.55. The first-order chi connectivity index (χ1) is 11.5. The molecule has 2 rings (SSSR count). The number of amides is 1. The van der Waals surface area contributed by atoms with Crippen molar-refractivity contribution in [3.63, 3.8) is 0 Å². The molecule has 24 heavy (non-hydrogen) atoms. The van der Waals surface area contributed by atoms with Crippen molar-refractivity contribution in [1.29, 1.82) is 0 Å². The number of hydrogen-bond donors (Lipinski definition) is 2. The van der Waals surface area contributed by atoms with Crippen LogP contribution in [-0.4, -0.2) is 40.0 Å². The molecule has 0 aliphatic rings. The van der Waals surface area contributed by atoms with Crippen molar-refractivity contribution in [3.05, 3.63) is 34.6 Å². The predicted molar refractivity (Wildman–Crippen MR) is 93.3 cm³/mol. The SMILES string of the molecule is CC[C@@H](C)NC(=O)CSc1nnc(-c2ccc(OC)cc2)c(=O)[nH]1. The molecule has 1 atom stereocenters. The third kappa shape index (κ3) is 4.82. The van der Waals surface area contributed by atoms with Crippen molar-refractivity contribution in [1.82, 2.24) is 20.5 Å². The Morgan fingerprint density at radius 3 is 2.62 bits per heavy atom. The van der Waals surface area contributed by atoms with Gasteiger partial charge in [-0.2, -0.15) is 0 Å². The van der Waals surface area contributed by atoms with Crippen molar-refractivity contribution in [2.45, 2.75) is 31.5 Å². The summed E-state index contributed by atoms with van der Waals surface area (Å²) >= 11 is 1.14. The first-order valence-electron chi connectivity index (χ1n) is 7.57. The number of methoxy groups -OCH3 is 1. The smallest absolute Gasteiger partial charge is 0.278 e. The minimum absolute atomic E-state index is 0.101. The molecule has 0 unspecified atom stereocenters. The number of rotatable bonds is 7. The van der Waals surface area contributed by atoms with Crippen molar-refractivity contribution >= 4 is 17.7 Å². The van der Waals surface area contributed by atoms with Gasteiger partial charge in [-0.15, -0.1) is 10.2 Å². The van der Waals surface area contributed by atoms with E-state index < -0.39 is 0 Å². The van der Waals surface area contributed by atoms with E-state index in [1.165, 1.54) is 0 Å². The van der Waals surface area contributed by atoms with Crippen LogP contribution in [0.15, 0.2) is 34.2 Å². The van der Waals surface area contributed by atoms with Crippen LogP contribution in [0.3, 0.4) is 0 Å². The monoisotopic (exact) mass is 348 g/mol. The maximum absolute atomic E-state index is 12.2. The van der Waals surface area contributed by atoms with Gasteiger partial charge in [0.25, 0.3) is 5.56 Å². The maximum Gasteiger partial charge on any atom is 0.278 e. The molecule has 2 N–H and O–H groups in total. The molecule has 1 heterocycles. The largest absolute Gasteiger partial charge is 0.497 e. The highest BCUT2D eigenvalue weighted by Gasteiger charge is 2.11. The number of carbonyl (C=O) groups excluding carboxylic acids is 1. The second-order valence-electron chi connectivity index (χ2n) is 5.20. The zero-order valence-corrected chi connectivity index (χ0v) is 14.6. The third-order valence-corrected chi connectivity index (χ3v) is 4.26. The Morgan fingerprint density at radius 2 is 2.04 bits per heavy atom. The van der Waals surface area contributed by atoms with E-state index in [1.807, 2.05) is 13.8 Å². The highest BCUT2D eigenvalue weighted by Crippen LogP contribution is 2.18. The fraction of sp³-hybridized carbons (Fsp3) is 0.375. The quantitative estimate of drug-likeness (QED) is 0.741. The normalized spacial score (nSPS) is 11.8. The highest BCUT2D eigenvalue weighted by atomic mass is 32.2. The second-order valence-corrected chi connectivity index (χ2v) is 6.17. The van der Waals surface area contributed by atoms with Gasteiger partial charge in [0.2, 0.25) is 5.91 Å². The van der Waals surface area contributed by atoms with Crippen LogP contribution in [0.1, 0.15) is 20.3 Å². The molecule has 1 aromatic carbocycles. The Bertz CT molecular complexity index is 746. The number of benzene rings is 1. The molecule has 8 heteroatoms. The van der Waals surface area contributed by atoms with Gasteiger partial charge in [-0.3, -0.25) is 14.6 Å². The van der Waals surface area contributed by atoms with Crippen molar-refractivity contribution in [2.24, 2.45) is 0 Å². The number of carbonyl (C=O) groups is 1. The molecule has 0 saturated carbocycles. The highest BCUT2D eigenvalue weighted by molar-refractivity contribution is 7.99. The molecule has 0 saturated heterocycles. The van der Waals surface area contributed by atoms with E-state index in [0.29, 0.717) is 16.5 Å². The lowest BCUT2D eigenvalue weighted by Crippen LogP contribution is -2.33. The summed E-state index contributed by atoms with van der Waals surface area (Å²) in [5.74, 6) is 0.774. The summed E-state index contributed by atoms with van der Waals surface area (Å²) in [6.45, 7) is 3.94.